The van der Waals surface area contributed by atoms with Crippen LogP contribution in [0.4, 0.5) is 4.39 Å². The van der Waals surface area contributed by atoms with Crippen LogP contribution in [0.3, 0.4) is 0 Å². The average molecular weight is 432 g/mol. The van der Waals surface area contributed by atoms with E-state index in [0.29, 0.717) is 22.6 Å². The summed E-state index contributed by atoms with van der Waals surface area (Å²) in [7, 11) is -3.36. The van der Waals surface area contributed by atoms with E-state index in [1.807, 2.05) is 0 Å². The summed E-state index contributed by atoms with van der Waals surface area (Å²) in [5, 5.41) is 0. The predicted molar refractivity (Wildman–Crippen MR) is 114 cm³/mol. The number of benzene rings is 1. The molecule has 1 saturated carbocycles. The molecule has 0 saturated heterocycles. The molecule has 0 aliphatic heterocycles. The Morgan fingerprint density at radius 3 is 2.47 bits per heavy atom. The smallest absolute Gasteiger partial charge is 0.216 e. The zero-order valence-electron chi connectivity index (χ0n) is 17.3. The summed E-state index contributed by atoms with van der Waals surface area (Å²) >= 11 is 0. The zero-order chi connectivity index (χ0) is 21.5. The molecule has 0 unspecified atom stereocenters. The minimum atomic E-state index is -3.36. The van der Waals surface area contributed by atoms with Crippen LogP contribution in [0.5, 0.6) is 0 Å². The van der Waals surface area contributed by atoms with Gasteiger partial charge in [0.2, 0.25) is 10.0 Å². The summed E-state index contributed by atoms with van der Waals surface area (Å²) in [4.78, 5) is 16.6. The second kappa shape index (κ2) is 7.70. The second-order valence-corrected chi connectivity index (χ2v) is 11.3. The second-order valence-electron chi connectivity index (χ2n) is 8.81. The first-order valence-corrected chi connectivity index (χ1v) is 11.6. The first kappa shape index (κ1) is 20.9. The lowest BCUT2D eigenvalue weighted by atomic mass is 9.86. The molecular weight excluding hydrogens is 405 g/mol. The molecule has 0 spiro atoms. The van der Waals surface area contributed by atoms with E-state index in [-0.39, 0.29) is 17.8 Å². The maximum atomic E-state index is 14.0. The number of aromatic nitrogens is 4. The highest BCUT2D eigenvalue weighted by Gasteiger charge is 2.33. The summed E-state index contributed by atoms with van der Waals surface area (Å²) in [5.41, 5.74) is 1.56. The lowest BCUT2D eigenvalue weighted by Crippen LogP contribution is -2.45. The summed E-state index contributed by atoms with van der Waals surface area (Å²) < 4.78 is 40.8. The monoisotopic (exact) mass is 431 g/mol. The van der Waals surface area contributed by atoms with Crippen molar-refractivity contribution in [1.29, 1.82) is 0 Å². The van der Waals surface area contributed by atoms with Gasteiger partial charge < -0.3 is 4.98 Å². The van der Waals surface area contributed by atoms with Gasteiger partial charge in [-0.25, -0.2) is 32.5 Å². The Morgan fingerprint density at radius 2 is 1.80 bits per heavy atom. The minimum absolute atomic E-state index is 0.0534. The highest BCUT2D eigenvalue weighted by molar-refractivity contribution is 7.90. The fourth-order valence-electron chi connectivity index (χ4n) is 3.67. The van der Waals surface area contributed by atoms with Gasteiger partial charge in [0.05, 0.1) is 16.5 Å². The lowest BCUT2D eigenvalue weighted by molar-refractivity contribution is 0.364. The maximum Gasteiger partial charge on any atom is 0.216 e. The molecule has 1 aromatic carbocycles. The van der Waals surface area contributed by atoms with Crippen molar-refractivity contribution in [1.82, 2.24) is 24.7 Å². The van der Waals surface area contributed by atoms with Crippen LogP contribution < -0.4 is 4.72 Å². The quantitative estimate of drug-likeness (QED) is 0.652. The van der Waals surface area contributed by atoms with Crippen LogP contribution in [0, 0.1) is 5.82 Å². The van der Waals surface area contributed by atoms with Crippen LogP contribution in [-0.2, 0) is 10.0 Å². The number of nitrogens with zero attached hydrogens (tertiary/aromatic N) is 3. The van der Waals surface area contributed by atoms with Gasteiger partial charge >= 0.3 is 0 Å². The number of rotatable bonds is 4. The number of imidazole rings is 1. The summed E-state index contributed by atoms with van der Waals surface area (Å²) in [6.45, 7) is 5.10. The molecule has 0 radical (unpaired) electrons. The number of nitrogens with one attached hydrogen (secondary N) is 2. The van der Waals surface area contributed by atoms with Crippen LogP contribution in [0.15, 0.2) is 30.5 Å². The van der Waals surface area contributed by atoms with Crippen molar-refractivity contribution in [3.8, 4) is 11.4 Å². The Bertz CT molecular complexity index is 1160. The molecule has 0 atom stereocenters. The number of aromatic amines is 1. The van der Waals surface area contributed by atoms with Crippen molar-refractivity contribution in [3.05, 3.63) is 42.1 Å². The highest BCUT2D eigenvalue weighted by Crippen LogP contribution is 2.33. The topological polar surface area (TPSA) is 101 Å². The normalized spacial score (nSPS) is 20.5. The number of sulfonamides is 1. The Labute approximate surface area is 175 Å². The fourth-order valence-corrected chi connectivity index (χ4v) is 4.70. The van der Waals surface area contributed by atoms with E-state index in [4.69, 9.17) is 0 Å². The molecule has 160 valence electrons. The van der Waals surface area contributed by atoms with Gasteiger partial charge in [-0.1, -0.05) is 12.1 Å². The van der Waals surface area contributed by atoms with Gasteiger partial charge in [0.25, 0.3) is 0 Å². The van der Waals surface area contributed by atoms with Gasteiger partial charge in [0.15, 0.2) is 11.5 Å². The van der Waals surface area contributed by atoms with E-state index >= 15 is 0 Å². The third kappa shape index (κ3) is 4.09. The van der Waals surface area contributed by atoms with E-state index in [2.05, 4.69) is 24.7 Å². The van der Waals surface area contributed by atoms with Crippen LogP contribution in [-0.4, -0.2) is 39.1 Å². The number of hydrogen-bond donors (Lipinski definition) is 2. The summed E-state index contributed by atoms with van der Waals surface area (Å²) in [6.07, 6.45) is 4.78. The first-order chi connectivity index (χ1) is 14.1. The number of fused-ring (bicyclic) bond motifs is 1. The molecule has 2 heterocycles. The van der Waals surface area contributed by atoms with Crippen LogP contribution in [0.25, 0.3) is 22.6 Å². The van der Waals surface area contributed by atoms with Crippen molar-refractivity contribution >= 4 is 21.2 Å². The molecule has 1 fully saturated rings. The Morgan fingerprint density at radius 1 is 1.10 bits per heavy atom. The summed E-state index contributed by atoms with van der Waals surface area (Å²) in [6, 6.07) is 6.34. The third-order valence-electron chi connectivity index (χ3n) is 5.61. The SMILES string of the molecule is CC(C)(C)S(=O)(=O)NC1CCC(c2nc3nc(-c4ccccc4F)ncc3[nH]2)CC1. The van der Waals surface area contributed by atoms with E-state index in [0.717, 1.165) is 31.5 Å². The minimum Gasteiger partial charge on any atom is -0.339 e. The van der Waals surface area contributed by atoms with E-state index in [1.54, 1.807) is 45.2 Å². The standard InChI is InChI=1S/C21H26FN5O2S/c1-21(2,3)30(28,29)27-14-10-8-13(9-11-14)18-24-17-12-23-19(26-20(17)25-18)15-6-4-5-7-16(15)22/h4-7,12-14,27H,8-11H2,1-3H3,(H,23,24,25,26). The molecule has 2 aromatic heterocycles. The van der Waals surface area contributed by atoms with Crippen molar-refractivity contribution in [3.63, 3.8) is 0 Å². The van der Waals surface area contributed by atoms with Gasteiger partial charge in [-0.05, 0) is 58.6 Å². The van der Waals surface area contributed by atoms with Crippen molar-refractivity contribution < 1.29 is 12.8 Å². The molecular formula is C21H26FN5O2S. The highest BCUT2D eigenvalue weighted by atomic mass is 32.2. The maximum absolute atomic E-state index is 14.0. The van der Waals surface area contributed by atoms with Gasteiger partial charge in [-0.3, -0.25) is 0 Å². The average Bonchev–Trinajstić information content (AvgIpc) is 3.11. The van der Waals surface area contributed by atoms with Crippen molar-refractivity contribution in [2.75, 3.05) is 0 Å². The molecule has 1 aliphatic carbocycles. The van der Waals surface area contributed by atoms with Crippen molar-refractivity contribution in [2.24, 2.45) is 0 Å². The number of H-pyrrole nitrogens is 1. The Balaban J connectivity index is 1.48. The number of halogens is 1. The van der Waals surface area contributed by atoms with E-state index in [1.165, 1.54) is 6.07 Å². The first-order valence-electron chi connectivity index (χ1n) is 10.1. The van der Waals surface area contributed by atoms with E-state index < -0.39 is 14.8 Å². The molecule has 9 heteroatoms. The third-order valence-corrected chi connectivity index (χ3v) is 7.87. The molecule has 1 aliphatic rings. The summed E-state index contributed by atoms with van der Waals surface area (Å²) in [5.74, 6) is 0.955. The molecule has 2 N–H and O–H groups in total. The fraction of sp³-hybridized carbons (Fsp3) is 0.476. The Hall–Kier alpha value is -2.39. The van der Waals surface area contributed by atoms with Gasteiger partial charge in [-0.2, -0.15) is 0 Å². The van der Waals surface area contributed by atoms with Crippen LogP contribution in [0.2, 0.25) is 0 Å². The number of hydrogen-bond acceptors (Lipinski definition) is 5. The molecule has 30 heavy (non-hydrogen) atoms. The molecule has 7 nitrogen and oxygen atoms in total. The molecule has 3 aromatic rings. The molecule has 0 amide bonds. The van der Waals surface area contributed by atoms with Gasteiger partial charge in [-0.15, -0.1) is 0 Å². The van der Waals surface area contributed by atoms with E-state index in [9.17, 15) is 12.8 Å². The van der Waals surface area contributed by atoms with Gasteiger partial charge in [0.1, 0.15) is 17.2 Å². The van der Waals surface area contributed by atoms with Crippen molar-refractivity contribution in [2.45, 2.75) is 63.2 Å². The molecule has 4 rings (SSSR count). The van der Waals surface area contributed by atoms with Gasteiger partial charge in [0, 0.05) is 12.0 Å². The predicted octanol–water partition coefficient (Wildman–Crippen LogP) is 3.90. The largest absolute Gasteiger partial charge is 0.339 e. The van der Waals surface area contributed by atoms with Crippen LogP contribution in [0.1, 0.15) is 58.2 Å². The lowest BCUT2D eigenvalue weighted by Gasteiger charge is -2.30. The van der Waals surface area contributed by atoms with Crippen LogP contribution >= 0.6 is 0 Å². The Kier molecular flexibility index (Phi) is 5.36. The zero-order valence-corrected chi connectivity index (χ0v) is 18.1. The molecule has 0 bridgehead atoms.